The Morgan fingerprint density at radius 1 is 1.10 bits per heavy atom. The van der Waals surface area contributed by atoms with Crippen LogP contribution >= 0.6 is 0 Å². The minimum Gasteiger partial charge on any atom is -0.496 e. The molecule has 1 aliphatic heterocycles. The monoisotopic (exact) mass is 560 g/mol. The molecule has 1 unspecified atom stereocenters. The van der Waals surface area contributed by atoms with Gasteiger partial charge in [0.25, 0.3) is 0 Å². The second-order valence-corrected chi connectivity index (χ2v) is 11.0. The zero-order chi connectivity index (χ0) is 29.6. The van der Waals surface area contributed by atoms with Crippen LogP contribution in [0.25, 0.3) is 11.1 Å². The van der Waals surface area contributed by atoms with Crippen LogP contribution in [0, 0.1) is 17.6 Å². The van der Waals surface area contributed by atoms with Crippen molar-refractivity contribution in [3.05, 3.63) is 48.0 Å². The van der Waals surface area contributed by atoms with Gasteiger partial charge in [-0.15, -0.1) is 0 Å². The van der Waals surface area contributed by atoms with E-state index in [4.69, 9.17) is 14.2 Å². The number of carbonyl (C=O) groups excluding carboxylic acids is 3. The van der Waals surface area contributed by atoms with Crippen LogP contribution < -0.4 is 9.47 Å². The number of hydrogen-bond acceptors (Lipinski definition) is 6. The van der Waals surface area contributed by atoms with E-state index >= 15 is 0 Å². The SMILES string of the molecule is COc1cc(F)c(F)cc1-c1ccc(OCC2CCCN(C(=O)[C@H](CC(=O)OC(C)(C)C)N(C)C(C)=O)C2)cc1. The highest BCUT2D eigenvalue weighted by atomic mass is 19.2. The van der Waals surface area contributed by atoms with E-state index in [1.807, 2.05) is 0 Å². The normalized spacial score (nSPS) is 16.2. The Hall–Kier alpha value is -3.69. The van der Waals surface area contributed by atoms with Gasteiger partial charge in [0.1, 0.15) is 23.1 Å². The number of amides is 2. The highest BCUT2D eigenvalue weighted by molar-refractivity contribution is 5.90. The summed E-state index contributed by atoms with van der Waals surface area (Å²) in [7, 11) is 2.91. The fourth-order valence-corrected chi connectivity index (χ4v) is 4.63. The van der Waals surface area contributed by atoms with E-state index in [1.54, 1.807) is 49.9 Å². The van der Waals surface area contributed by atoms with Crippen LogP contribution in [0.1, 0.15) is 47.0 Å². The maximum absolute atomic E-state index is 13.8. The Morgan fingerprint density at radius 2 is 1.75 bits per heavy atom. The topological polar surface area (TPSA) is 85.4 Å². The molecule has 1 aliphatic rings. The molecule has 2 amide bonds. The van der Waals surface area contributed by atoms with Crippen molar-refractivity contribution in [1.29, 1.82) is 0 Å². The van der Waals surface area contributed by atoms with Gasteiger partial charge in [0.2, 0.25) is 11.8 Å². The van der Waals surface area contributed by atoms with Gasteiger partial charge in [-0.2, -0.15) is 0 Å². The van der Waals surface area contributed by atoms with Gasteiger partial charge in [-0.05, 0) is 57.4 Å². The van der Waals surface area contributed by atoms with Crippen molar-refractivity contribution < 1.29 is 37.4 Å². The zero-order valence-corrected chi connectivity index (χ0v) is 24.0. The number of likely N-dealkylation sites (tertiary alicyclic amines) is 1. The van der Waals surface area contributed by atoms with Crippen LogP contribution in [0.15, 0.2) is 36.4 Å². The van der Waals surface area contributed by atoms with E-state index in [2.05, 4.69) is 0 Å². The summed E-state index contributed by atoms with van der Waals surface area (Å²) in [6.45, 7) is 7.92. The predicted molar refractivity (Wildman–Crippen MR) is 146 cm³/mol. The molecule has 1 saturated heterocycles. The highest BCUT2D eigenvalue weighted by Gasteiger charge is 2.35. The van der Waals surface area contributed by atoms with Crippen molar-refractivity contribution in [2.24, 2.45) is 5.92 Å². The fourth-order valence-electron chi connectivity index (χ4n) is 4.63. The summed E-state index contributed by atoms with van der Waals surface area (Å²) in [4.78, 5) is 41.0. The molecule has 2 atom stereocenters. The molecule has 0 spiro atoms. The molecule has 10 heteroatoms. The number of piperidine rings is 1. The average molecular weight is 561 g/mol. The van der Waals surface area contributed by atoms with Gasteiger partial charge >= 0.3 is 5.97 Å². The van der Waals surface area contributed by atoms with Gasteiger partial charge in [-0.3, -0.25) is 14.4 Å². The first kappa shape index (κ1) is 30.8. The lowest BCUT2D eigenvalue weighted by Crippen LogP contribution is -2.53. The number of hydrogen-bond donors (Lipinski definition) is 0. The second kappa shape index (κ2) is 13.1. The third-order valence-electron chi connectivity index (χ3n) is 6.75. The van der Waals surface area contributed by atoms with E-state index in [0.717, 1.165) is 25.0 Å². The Morgan fingerprint density at radius 3 is 2.35 bits per heavy atom. The summed E-state index contributed by atoms with van der Waals surface area (Å²) in [6.07, 6.45) is 1.39. The molecule has 0 radical (unpaired) electrons. The van der Waals surface area contributed by atoms with E-state index in [1.165, 1.54) is 26.0 Å². The molecule has 2 aromatic carbocycles. The maximum atomic E-state index is 13.8. The van der Waals surface area contributed by atoms with Gasteiger partial charge in [0.05, 0.1) is 20.1 Å². The van der Waals surface area contributed by atoms with E-state index in [9.17, 15) is 23.2 Å². The smallest absolute Gasteiger partial charge is 0.308 e. The van der Waals surface area contributed by atoms with E-state index in [-0.39, 0.29) is 29.9 Å². The van der Waals surface area contributed by atoms with Crippen molar-refractivity contribution in [2.75, 3.05) is 33.9 Å². The van der Waals surface area contributed by atoms with Crippen LogP contribution in [0.5, 0.6) is 11.5 Å². The van der Waals surface area contributed by atoms with Crippen LogP contribution in [0.3, 0.4) is 0 Å². The summed E-state index contributed by atoms with van der Waals surface area (Å²) in [5.74, 6) is -2.23. The molecule has 218 valence electrons. The lowest BCUT2D eigenvalue weighted by atomic mass is 9.97. The molecule has 0 aliphatic carbocycles. The molecule has 0 saturated carbocycles. The standard InChI is InChI=1S/C30H38F2N2O6/c1-19(35)33(5)26(16-28(36)40-30(2,3)4)29(37)34-13-7-8-20(17-34)18-39-22-11-9-21(10-12-22)23-14-24(31)25(32)15-27(23)38-6/h9-12,14-15,20,26H,7-8,13,16-18H2,1-6H3/t20?,26-/m0/s1. The van der Waals surface area contributed by atoms with Gasteiger partial charge in [0, 0.05) is 44.6 Å². The molecular weight excluding hydrogens is 522 g/mol. The molecule has 0 bridgehead atoms. The molecule has 8 nitrogen and oxygen atoms in total. The first-order chi connectivity index (χ1) is 18.8. The number of rotatable bonds is 9. The molecule has 0 N–H and O–H groups in total. The number of benzene rings is 2. The second-order valence-electron chi connectivity index (χ2n) is 11.0. The van der Waals surface area contributed by atoms with Crippen molar-refractivity contribution in [3.8, 4) is 22.6 Å². The van der Waals surface area contributed by atoms with E-state index in [0.29, 0.717) is 36.6 Å². The summed E-state index contributed by atoms with van der Waals surface area (Å²) >= 11 is 0. The van der Waals surface area contributed by atoms with E-state index < -0.39 is 29.2 Å². The van der Waals surface area contributed by atoms with Crippen LogP contribution in [0.4, 0.5) is 8.78 Å². The molecule has 3 rings (SSSR count). The first-order valence-corrected chi connectivity index (χ1v) is 13.3. The molecule has 40 heavy (non-hydrogen) atoms. The third kappa shape index (κ3) is 8.16. The Balaban J connectivity index is 1.63. The predicted octanol–water partition coefficient (Wildman–Crippen LogP) is 4.84. The van der Waals surface area contributed by atoms with Gasteiger partial charge in [0.15, 0.2) is 11.6 Å². The van der Waals surface area contributed by atoms with Crippen molar-refractivity contribution in [2.45, 2.75) is 58.6 Å². The molecule has 1 fully saturated rings. The summed E-state index contributed by atoms with van der Waals surface area (Å²) < 4.78 is 44.0. The third-order valence-corrected chi connectivity index (χ3v) is 6.75. The molecule has 0 aromatic heterocycles. The quantitative estimate of drug-likeness (QED) is 0.408. The fraction of sp³-hybridized carbons (Fsp3) is 0.500. The van der Waals surface area contributed by atoms with Crippen molar-refractivity contribution in [1.82, 2.24) is 9.80 Å². The largest absolute Gasteiger partial charge is 0.496 e. The number of esters is 1. The molecular formula is C30H38F2N2O6. The van der Waals surface area contributed by atoms with Gasteiger partial charge in [-0.1, -0.05) is 12.1 Å². The number of ether oxygens (including phenoxy) is 3. The van der Waals surface area contributed by atoms with Gasteiger partial charge < -0.3 is 24.0 Å². The lowest BCUT2D eigenvalue weighted by molar-refractivity contribution is -0.160. The minimum absolute atomic E-state index is 0.0495. The van der Waals surface area contributed by atoms with Gasteiger partial charge in [-0.25, -0.2) is 8.78 Å². The highest BCUT2D eigenvalue weighted by Crippen LogP contribution is 2.33. The molecule has 2 aromatic rings. The number of halogens is 2. The van der Waals surface area contributed by atoms with Crippen molar-refractivity contribution >= 4 is 17.8 Å². The number of nitrogens with zero attached hydrogens (tertiary/aromatic N) is 2. The Kier molecular flexibility index (Phi) is 10.1. The number of carbonyl (C=O) groups is 3. The Labute approximate surface area is 234 Å². The summed E-state index contributed by atoms with van der Waals surface area (Å²) in [6, 6.07) is 8.10. The van der Waals surface area contributed by atoms with Crippen molar-refractivity contribution in [3.63, 3.8) is 0 Å². The molecule has 1 heterocycles. The minimum atomic E-state index is -0.982. The summed E-state index contributed by atoms with van der Waals surface area (Å²) in [5.41, 5.74) is 0.362. The average Bonchev–Trinajstić information content (AvgIpc) is 2.90. The number of methoxy groups -OCH3 is 1. The van der Waals surface area contributed by atoms with Crippen LogP contribution in [-0.4, -0.2) is 73.1 Å². The maximum Gasteiger partial charge on any atom is 0.308 e. The first-order valence-electron chi connectivity index (χ1n) is 13.3. The zero-order valence-electron chi connectivity index (χ0n) is 24.0. The van der Waals surface area contributed by atoms with Crippen LogP contribution in [-0.2, 0) is 19.1 Å². The Bertz CT molecular complexity index is 1210. The lowest BCUT2D eigenvalue weighted by Gasteiger charge is -2.37. The summed E-state index contributed by atoms with van der Waals surface area (Å²) in [5, 5.41) is 0. The van der Waals surface area contributed by atoms with Crippen LogP contribution in [0.2, 0.25) is 0 Å². The number of likely N-dealkylation sites (N-methyl/N-ethyl adjacent to an activating group) is 1.